The van der Waals surface area contributed by atoms with Crippen LogP contribution in [0.1, 0.15) is 65.7 Å². The van der Waals surface area contributed by atoms with E-state index in [0.29, 0.717) is 0 Å². The van der Waals surface area contributed by atoms with Crippen LogP contribution in [0, 0.1) is 0 Å². The highest BCUT2D eigenvalue weighted by Crippen LogP contribution is 2.38. The Bertz CT molecular complexity index is 573. The van der Waals surface area contributed by atoms with Crippen LogP contribution in [0.15, 0.2) is 30.3 Å². The van der Waals surface area contributed by atoms with Crippen molar-refractivity contribution in [3.05, 3.63) is 35.9 Å². The van der Waals surface area contributed by atoms with Crippen LogP contribution < -0.4 is 5.32 Å². The monoisotopic (exact) mass is 439 g/mol. The van der Waals surface area contributed by atoms with Crippen molar-refractivity contribution in [2.45, 2.75) is 104 Å². The van der Waals surface area contributed by atoms with Crippen LogP contribution in [-0.4, -0.2) is 35.4 Å². The van der Waals surface area contributed by atoms with Crippen molar-refractivity contribution in [1.82, 2.24) is 5.32 Å². The van der Waals surface area contributed by atoms with Gasteiger partial charge >= 0.3 is 0 Å². The highest BCUT2D eigenvalue weighted by atomic mass is 28.4. The molecule has 1 N–H and O–H groups in total. The predicted molar refractivity (Wildman–Crippen MR) is 130 cm³/mol. The maximum Gasteiger partial charge on any atom is 0.194 e. The van der Waals surface area contributed by atoms with E-state index in [4.69, 9.17) is 8.85 Å². The molecule has 0 bridgehead atoms. The number of carbonyl (C=O) groups excluding carboxylic acids is 1. The summed E-state index contributed by atoms with van der Waals surface area (Å²) in [7, 11) is -3.47. The van der Waals surface area contributed by atoms with Gasteiger partial charge in [0.15, 0.2) is 16.6 Å². The molecule has 1 rings (SSSR count). The fourth-order valence-electron chi connectivity index (χ4n) is 2.17. The highest BCUT2D eigenvalue weighted by Gasteiger charge is 2.40. The van der Waals surface area contributed by atoms with E-state index in [1.807, 2.05) is 18.2 Å². The van der Waals surface area contributed by atoms with Crippen LogP contribution in [0.3, 0.4) is 0 Å². The summed E-state index contributed by atoms with van der Waals surface area (Å²) in [6.45, 7) is 26.9. The quantitative estimate of drug-likeness (QED) is 0.288. The normalized spacial score (nSPS) is 15.2. The summed E-state index contributed by atoms with van der Waals surface area (Å²) in [4.78, 5) is 10.0. The van der Waals surface area contributed by atoms with E-state index < -0.39 is 16.6 Å². The van der Waals surface area contributed by atoms with Crippen molar-refractivity contribution in [2.75, 3.05) is 0 Å². The molecule has 1 aromatic carbocycles. The van der Waals surface area contributed by atoms with Gasteiger partial charge in [-0.25, -0.2) is 0 Å². The van der Waals surface area contributed by atoms with E-state index in [0.717, 1.165) is 11.8 Å². The lowest BCUT2D eigenvalue weighted by molar-refractivity contribution is 0.0749. The molecule has 0 spiro atoms. The second kappa shape index (κ2) is 11.0. The zero-order valence-corrected chi connectivity index (χ0v) is 22.8. The standard InChI is InChI=1S/C16H39NO2Si2.C7H6O/c1-13(18-20(9,10)15(3,4)5)17-14(2)19-21(11,12)16(6,7)8;8-6-7-4-2-1-3-5-7/h13-14,17H,1-12H3;1-6H. The molecule has 0 radical (unpaired) electrons. The molecule has 0 amide bonds. The van der Waals surface area contributed by atoms with Crippen molar-refractivity contribution in [3.63, 3.8) is 0 Å². The summed E-state index contributed by atoms with van der Waals surface area (Å²) in [6.07, 6.45) is 0.872. The molecule has 1 aromatic rings. The Morgan fingerprint density at radius 3 is 1.38 bits per heavy atom. The molecule has 0 saturated carbocycles. The third kappa shape index (κ3) is 10.2. The van der Waals surface area contributed by atoms with Gasteiger partial charge in [-0.05, 0) is 50.1 Å². The van der Waals surface area contributed by atoms with Crippen LogP contribution in [0.2, 0.25) is 36.3 Å². The second-order valence-electron chi connectivity index (χ2n) is 10.7. The molecule has 0 aliphatic rings. The van der Waals surface area contributed by atoms with Gasteiger partial charge in [0.05, 0.1) is 12.5 Å². The van der Waals surface area contributed by atoms with Crippen LogP contribution >= 0.6 is 0 Å². The largest absolute Gasteiger partial charge is 0.402 e. The fourth-order valence-corrected chi connectivity index (χ4v) is 4.78. The summed E-state index contributed by atoms with van der Waals surface area (Å²) >= 11 is 0. The topological polar surface area (TPSA) is 47.6 Å². The zero-order chi connectivity index (χ0) is 23.1. The number of benzene rings is 1. The van der Waals surface area contributed by atoms with Crippen molar-refractivity contribution >= 4 is 22.9 Å². The van der Waals surface area contributed by atoms with Crippen molar-refractivity contribution in [2.24, 2.45) is 0 Å². The Kier molecular flexibility index (Phi) is 10.7. The molecule has 0 heterocycles. The van der Waals surface area contributed by atoms with Crippen LogP contribution in [0.5, 0.6) is 0 Å². The first kappa shape index (κ1) is 28.2. The first-order valence-electron chi connectivity index (χ1n) is 10.5. The molecule has 0 fully saturated rings. The van der Waals surface area contributed by atoms with E-state index >= 15 is 0 Å². The molecule has 4 nitrogen and oxygen atoms in total. The van der Waals surface area contributed by atoms with E-state index in [-0.39, 0.29) is 22.5 Å². The summed E-state index contributed by atoms with van der Waals surface area (Å²) in [5, 5.41) is 3.92. The smallest absolute Gasteiger partial charge is 0.194 e. The molecule has 0 aliphatic heterocycles. The SMILES string of the molecule is CC(NC(C)O[Si](C)(C)C(C)(C)C)O[Si](C)(C)C(C)(C)C.O=Cc1ccccc1. The molecule has 2 atom stereocenters. The number of aldehydes is 1. The molecule has 29 heavy (non-hydrogen) atoms. The van der Waals surface area contributed by atoms with Crippen LogP contribution in [-0.2, 0) is 8.85 Å². The van der Waals surface area contributed by atoms with E-state index in [1.165, 1.54) is 0 Å². The van der Waals surface area contributed by atoms with E-state index in [9.17, 15) is 4.79 Å². The fraction of sp³-hybridized carbons (Fsp3) is 0.696. The van der Waals surface area contributed by atoms with E-state index in [2.05, 4.69) is 86.9 Å². The lowest BCUT2D eigenvalue weighted by Crippen LogP contribution is -2.52. The number of hydrogen-bond acceptors (Lipinski definition) is 4. The Balaban J connectivity index is 0.000000807. The van der Waals surface area contributed by atoms with Gasteiger partial charge < -0.3 is 8.85 Å². The minimum absolute atomic E-state index is 0.0191. The van der Waals surface area contributed by atoms with Gasteiger partial charge in [-0.2, -0.15) is 0 Å². The lowest BCUT2D eigenvalue weighted by atomic mass is 10.2. The minimum Gasteiger partial charge on any atom is -0.402 e. The lowest BCUT2D eigenvalue weighted by Gasteiger charge is -2.41. The minimum atomic E-state index is -1.74. The predicted octanol–water partition coefficient (Wildman–Crippen LogP) is 6.81. The Morgan fingerprint density at radius 2 is 1.14 bits per heavy atom. The molecule has 2 unspecified atom stereocenters. The number of carbonyl (C=O) groups is 1. The maximum absolute atomic E-state index is 10.0. The summed E-state index contributed by atoms with van der Waals surface area (Å²) in [5.41, 5.74) is 0.729. The maximum atomic E-state index is 10.0. The van der Waals surface area contributed by atoms with Gasteiger partial charge in [0.25, 0.3) is 0 Å². The first-order valence-corrected chi connectivity index (χ1v) is 16.4. The van der Waals surface area contributed by atoms with Crippen molar-refractivity contribution in [1.29, 1.82) is 0 Å². The van der Waals surface area contributed by atoms with Gasteiger partial charge in [0, 0.05) is 5.56 Å². The third-order valence-electron chi connectivity index (χ3n) is 5.96. The van der Waals surface area contributed by atoms with Crippen LogP contribution in [0.25, 0.3) is 0 Å². The van der Waals surface area contributed by atoms with Crippen LogP contribution in [0.4, 0.5) is 0 Å². The molecular formula is C23H45NO3Si2. The molecule has 0 aliphatic carbocycles. The number of rotatable bonds is 7. The Hall–Kier alpha value is -0.796. The molecule has 168 valence electrons. The first-order chi connectivity index (χ1) is 12.9. The van der Waals surface area contributed by atoms with E-state index in [1.54, 1.807) is 12.1 Å². The zero-order valence-electron chi connectivity index (χ0n) is 20.8. The van der Waals surface area contributed by atoms with Gasteiger partial charge in [-0.1, -0.05) is 71.9 Å². The third-order valence-corrected chi connectivity index (χ3v) is 15.1. The number of nitrogens with one attached hydrogen (secondary N) is 1. The van der Waals surface area contributed by atoms with Gasteiger partial charge in [0.1, 0.15) is 6.29 Å². The van der Waals surface area contributed by atoms with Gasteiger partial charge in [-0.15, -0.1) is 0 Å². The molecule has 6 heteroatoms. The Morgan fingerprint density at radius 1 is 0.793 bits per heavy atom. The molecule has 0 aromatic heterocycles. The Labute approximate surface area is 182 Å². The summed E-state index contributed by atoms with van der Waals surface area (Å²) in [5.74, 6) is 0. The molecular weight excluding hydrogens is 394 g/mol. The summed E-state index contributed by atoms with van der Waals surface area (Å²) < 4.78 is 12.7. The van der Waals surface area contributed by atoms with Gasteiger partial charge in [-0.3, -0.25) is 10.1 Å². The average Bonchev–Trinajstić information content (AvgIpc) is 2.52. The molecule has 0 saturated heterocycles. The van der Waals surface area contributed by atoms with Crippen molar-refractivity contribution in [3.8, 4) is 0 Å². The average molecular weight is 440 g/mol. The van der Waals surface area contributed by atoms with Crippen molar-refractivity contribution < 1.29 is 13.6 Å². The second-order valence-corrected chi connectivity index (χ2v) is 20.2. The highest BCUT2D eigenvalue weighted by molar-refractivity contribution is 6.74. The summed E-state index contributed by atoms with van der Waals surface area (Å²) in [6, 6.07) is 9.10. The van der Waals surface area contributed by atoms with Gasteiger partial charge in [0.2, 0.25) is 0 Å². The number of hydrogen-bond donors (Lipinski definition) is 1.